The predicted molar refractivity (Wildman–Crippen MR) is 71.9 cm³/mol. The third-order valence-electron chi connectivity index (χ3n) is 2.94. The summed E-state index contributed by atoms with van der Waals surface area (Å²) in [6.45, 7) is 0. The molecule has 0 bridgehead atoms. The molecule has 0 unspecified atom stereocenters. The Morgan fingerprint density at radius 2 is 1.81 bits per heavy atom. The van der Waals surface area contributed by atoms with Crippen LogP contribution in [0.4, 0.5) is 0 Å². The van der Waals surface area contributed by atoms with Gasteiger partial charge in [-0.15, -0.1) is 11.3 Å². The summed E-state index contributed by atoms with van der Waals surface area (Å²) >= 11 is 5.33. The summed E-state index contributed by atoms with van der Waals surface area (Å²) in [5, 5.41) is 1.18. The first kappa shape index (κ1) is 10.5. The highest BCUT2D eigenvalue weighted by Gasteiger charge is 2.15. The Morgan fingerprint density at radius 1 is 1.06 bits per heavy atom. The maximum atomic E-state index is 4.75. The monoisotopic (exact) mass is 293 g/mol. The number of rotatable bonds is 1. The van der Waals surface area contributed by atoms with Gasteiger partial charge in [0.2, 0.25) is 0 Å². The molecule has 1 heterocycles. The normalized spacial score (nSPS) is 14.8. The van der Waals surface area contributed by atoms with Crippen molar-refractivity contribution in [2.75, 3.05) is 0 Å². The number of fused-ring (bicyclic) bond motifs is 1. The average Bonchev–Trinajstić information content (AvgIpc) is 2.73. The summed E-state index contributed by atoms with van der Waals surface area (Å²) in [7, 11) is 0. The predicted octanol–water partition coefficient (Wildman–Crippen LogP) is 4.45. The van der Waals surface area contributed by atoms with Crippen LogP contribution < -0.4 is 0 Å². The fourth-order valence-electron chi connectivity index (χ4n) is 2.07. The largest absolute Gasteiger partial charge is 0.241 e. The SMILES string of the molecule is Brc1ccc(-c2nc3c(s2)CCCC3)cc1. The van der Waals surface area contributed by atoms with Gasteiger partial charge in [0.1, 0.15) is 5.01 Å². The van der Waals surface area contributed by atoms with Gasteiger partial charge in [0, 0.05) is 14.9 Å². The fraction of sp³-hybridized carbons (Fsp3) is 0.308. The molecular weight excluding hydrogens is 282 g/mol. The molecule has 2 aromatic rings. The van der Waals surface area contributed by atoms with Gasteiger partial charge in [-0.3, -0.25) is 0 Å². The van der Waals surface area contributed by atoms with Gasteiger partial charge >= 0.3 is 0 Å². The van der Waals surface area contributed by atoms with Crippen LogP contribution in [0.2, 0.25) is 0 Å². The van der Waals surface area contributed by atoms with Crippen LogP contribution in [0.3, 0.4) is 0 Å². The molecule has 82 valence electrons. The molecule has 1 aromatic carbocycles. The summed E-state index contributed by atoms with van der Waals surface area (Å²) in [6, 6.07) is 8.42. The van der Waals surface area contributed by atoms with Crippen LogP contribution in [0, 0.1) is 0 Å². The molecule has 1 aliphatic carbocycles. The van der Waals surface area contributed by atoms with Crippen LogP contribution in [-0.4, -0.2) is 4.98 Å². The van der Waals surface area contributed by atoms with E-state index in [0.29, 0.717) is 0 Å². The maximum Gasteiger partial charge on any atom is 0.123 e. The van der Waals surface area contributed by atoms with E-state index in [2.05, 4.69) is 40.2 Å². The van der Waals surface area contributed by atoms with Crippen LogP contribution in [0.1, 0.15) is 23.4 Å². The summed E-state index contributed by atoms with van der Waals surface area (Å²) in [4.78, 5) is 6.26. The van der Waals surface area contributed by atoms with Gasteiger partial charge in [-0.1, -0.05) is 28.1 Å². The Kier molecular flexibility index (Phi) is 2.82. The summed E-state index contributed by atoms with van der Waals surface area (Å²) in [5.74, 6) is 0. The Morgan fingerprint density at radius 3 is 2.56 bits per heavy atom. The minimum atomic E-state index is 1.12. The highest BCUT2D eigenvalue weighted by Crippen LogP contribution is 2.32. The Balaban J connectivity index is 2.00. The first-order valence-corrected chi connectivity index (χ1v) is 7.18. The van der Waals surface area contributed by atoms with Crippen molar-refractivity contribution in [3.8, 4) is 10.6 Å². The molecule has 1 aliphatic rings. The molecule has 0 radical (unpaired) electrons. The molecule has 0 spiro atoms. The number of benzene rings is 1. The van der Waals surface area contributed by atoms with Crippen molar-refractivity contribution in [2.45, 2.75) is 25.7 Å². The van der Waals surface area contributed by atoms with Crippen LogP contribution in [0.25, 0.3) is 10.6 Å². The van der Waals surface area contributed by atoms with Crippen molar-refractivity contribution in [3.05, 3.63) is 39.3 Å². The lowest BCUT2D eigenvalue weighted by Gasteiger charge is -2.06. The molecule has 0 aliphatic heterocycles. The van der Waals surface area contributed by atoms with Crippen molar-refractivity contribution in [1.82, 2.24) is 4.98 Å². The van der Waals surface area contributed by atoms with Gasteiger partial charge < -0.3 is 0 Å². The van der Waals surface area contributed by atoms with Crippen LogP contribution >= 0.6 is 27.3 Å². The Labute approximate surface area is 108 Å². The van der Waals surface area contributed by atoms with E-state index >= 15 is 0 Å². The first-order valence-electron chi connectivity index (χ1n) is 5.57. The summed E-state index contributed by atoms with van der Waals surface area (Å²) < 4.78 is 1.12. The van der Waals surface area contributed by atoms with Crippen molar-refractivity contribution >= 4 is 27.3 Å². The van der Waals surface area contributed by atoms with Gasteiger partial charge in [0.05, 0.1) is 5.69 Å². The third-order valence-corrected chi connectivity index (χ3v) is 4.67. The molecule has 0 atom stereocenters. The van der Waals surface area contributed by atoms with Crippen molar-refractivity contribution in [3.63, 3.8) is 0 Å². The molecule has 0 fully saturated rings. The topological polar surface area (TPSA) is 12.9 Å². The zero-order valence-corrected chi connectivity index (χ0v) is 11.3. The third kappa shape index (κ3) is 1.94. The fourth-order valence-corrected chi connectivity index (χ4v) is 3.49. The lowest BCUT2D eigenvalue weighted by molar-refractivity contribution is 0.682. The van der Waals surface area contributed by atoms with E-state index in [1.807, 2.05) is 11.3 Å². The highest BCUT2D eigenvalue weighted by molar-refractivity contribution is 9.10. The smallest absolute Gasteiger partial charge is 0.123 e. The van der Waals surface area contributed by atoms with E-state index in [9.17, 15) is 0 Å². The maximum absolute atomic E-state index is 4.75. The summed E-state index contributed by atoms with van der Waals surface area (Å²) in [6.07, 6.45) is 5.03. The second kappa shape index (κ2) is 4.30. The lowest BCUT2D eigenvalue weighted by atomic mass is 10.0. The minimum absolute atomic E-state index is 1.12. The first-order chi connectivity index (χ1) is 7.83. The number of aryl methyl sites for hydroxylation is 2. The van der Waals surface area contributed by atoms with Gasteiger partial charge in [0.25, 0.3) is 0 Å². The number of hydrogen-bond donors (Lipinski definition) is 0. The molecule has 0 saturated carbocycles. The van der Waals surface area contributed by atoms with Crippen molar-refractivity contribution in [2.24, 2.45) is 0 Å². The molecule has 1 aromatic heterocycles. The van der Waals surface area contributed by atoms with E-state index in [1.165, 1.54) is 46.8 Å². The quantitative estimate of drug-likeness (QED) is 0.757. The molecule has 1 nitrogen and oxygen atoms in total. The molecule has 3 rings (SSSR count). The van der Waals surface area contributed by atoms with Crippen LogP contribution in [-0.2, 0) is 12.8 Å². The van der Waals surface area contributed by atoms with E-state index in [0.717, 1.165) is 4.47 Å². The number of thiazole rings is 1. The number of hydrogen-bond acceptors (Lipinski definition) is 2. The molecule has 16 heavy (non-hydrogen) atoms. The second-order valence-electron chi connectivity index (χ2n) is 4.10. The van der Waals surface area contributed by atoms with Crippen LogP contribution in [0.5, 0.6) is 0 Å². The van der Waals surface area contributed by atoms with Crippen molar-refractivity contribution < 1.29 is 0 Å². The van der Waals surface area contributed by atoms with Crippen molar-refractivity contribution in [1.29, 1.82) is 0 Å². The average molecular weight is 294 g/mol. The minimum Gasteiger partial charge on any atom is -0.241 e. The zero-order chi connectivity index (χ0) is 11.0. The van der Waals surface area contributed by atoms with E-state index in [-0.39, 0.29) is 0 Å². The number of aromatic nitrogens is 1. The lowest BCUT2D eigenvalue weighted by Crippen LogP contribution is -1.98. The van der Waals surface area contributed by atoms with Gasteiger partial charge in [-0.05, 0) is 37.8 Å². The molecular formula is C13H12BrNS. The van der Waals surface area contributed by atoms with E-state index < -0.39 is 0 Å². The Bertz CT molecular complexity index is 478. The van der Waals surface area contributed by atoms with E-state index in [1.54, 1.807) is 0 Å². The summed E-state index contributed by atoms with van der Waals surface area (Å²) in [5.41, 5.74) is 2.58. The molecule has 0 saturated heterocycles. The van der Waals surface area contributed by atoms with E-state index in [4.69, 9.17) is 4.98 Å². The van der Waals surface area contributed by atoms with Gasteiger partial charge in [-0.2, -0.15) is 0 Å². The molecule has 0 amide bonds. The van der Waals surface area contributed by atoms with Crippen LogP contribution in [0.15, 0.2) is 28.7 Å². The van der Waals surface area contributed by atoms with Gasteiger partial charge in [0.15, 0.2) is 0 Å². The molecule has 0 N–H and O–H groups in total. The number of halogens is 1. The highest BCUT2D eigenvalue weighted by atomic mass is 79.9. The molecule has 3 heteroatoms. The number of nitrogens with zero attached hydrogens (tertiary/aromatic N) is 1. The van der Waals surface area contributed by atoms with Gasteiger partial charge in [-0.25, -0.2) is 4.98 Å². The standard InChI is InChI=1S/C13H12BrNS/c14-10-7-5-9(6-8-10)13-15-11-3-1-2-4-12(11)16-13/h5-8H,1-4H2. The Hall–Kier alpha value is -0.670. The second-order valence-corrected chi connectivity index (χ2v) is 6.10. The zero-order valence-electron chi connectivity index (χ0n) is 8.87.